The molecule has 0 spiro atoms. The molecule has 1 aliphatic rings. The van der Waals surface area contributed by atoms with Gasteiger partial charge in [0.05, 0.1) is 17.0 Å². The Morgan fingerprint density at radius 3 is 2.80 bits per heavy atom. The maximum absolute atomic E-state index is 12.0. The fourth-order valence-electron chi connectivity index (χ4n) is 2.31. The van der Waals surface area contributed by atoms with Gasteiger partial charge >= 0.3 is 0 Å². The fraction of sp³-hybridized carbons (Fsp3) is 0.353. The minimum absolute atomic E-state index is 0.102. The van der Waals surface area contributed by atoms with Gasteiger partial charge in [-0.3, -0.25) is 14.2 Å². The summed E-state index contributed by atoms with van der Waals surface area (Å²) in [6.45, 7) is 0.486. The second-order valence-corrected chi connectivity index (χ2v) is 6.68. The van der Waals surface area contributed by atoms with Crippen LogP contribution in [0.5, 0.6) is 5.75 Å². The summed E-state index contributed by atoms with van der Waals surface area (Å²) < 4.78 is 6.82. The highest BCUT2D eigenvalue weighted by atomic mass is 35.5. The van der Waals surface area contributed by atoms with Gasteiger partial charge in [0.25, 0.3) is 11.5 Å². The molecular weight excluding hydrogens is 365 g/mol. The lowest BCUT2D eigenvalue weighted by molar-refractivity contribution is -0.123. The third-order valence-corrected chi connectivity index (χ3v) is 4.35. The number of carbonyl (C=O) groups excluding carboxylic acids is 1. The van der Waals surface area contributed by atoms with Crippen molar-refractivity contribution in [1.29, 1.82) is 0 Å². The molecule has 1 aliphatic carbocycles. The number of hydrogen-bond acceptors (Lipinski definition) is 4. The Hall–Kier alpha value is -2.05. The van der Waals surface area contributed by atoms with Gasteiger partial charge < -0.3 is 10.1 Å². The van der Waals surface area contributed by atoms with Crippen LogP contribution in [0, 0.1) is 0 Å². The normalized spacial score (nSPS) is 13.5. The third-order valence-electron chi connectivity index (χ3n) is 3.82. The van der Waals surface area contributed by atoms with Gasteiger partial charge in [-0.1, -0.05) is 23.2 Å². The van der Waals surface area contributed by atoms with E-state index in [2.05, 4.69) is 10.3 Å². The van der Waals surface area contributed by atoms with Crippen LogP contribution in [0.3, 0.4) is 0 Å². The molecule has 25 heavy (non-hydrogen) atoms. The minimum atomic E-state index is -0.304. The number of amides is 1. The average molecular weight is 382 g/mol. The van der Waals surface area contributed by atoms with Crippen molar-refractivity contribution in [1.82, 2.24) is 14.9 Å². The molecule has 0 unspecified atom stereocenters. The molecule has 132 valence electrons. The number of hydrogen-bond donors (Lipinski definition) is 1. The first kappa shape index (κ1) is 17.8. The second-order valence-electron chi connectivity index (χ2n) is 5.83. The van der Waals surface area contributed by atoms with E-state index in [1.54, 1.807) is 24.3 Å². The molecule has 1 aromatic carbocycles. The second kappa shape index (κ2) is 7.89. The molecule has 0 aliphatic heterocycles. The Bertz CT molecular complexity index is 834. The van der Waals surface area contributed by atoms with Gasteiger partial charge in [0.1, 0.15) is 5.75 Å². The lowest BCUT2D eigenvalue weighted by Gasteiger charge is -2.10. The average Bonchev–Trinajstić information content (AvgIpc) is 3.40. The van der Waals surface area contributed by atoms with Crippen LogP contribution < -0.4 is 15.6 Å². The highest BCUT2D eigenvalue weighted by molar-refractivity contribution is 6.35. The van der Waals surface area contributed by atoms with E-state index in [4.69, 9.17) is 27.9 Å². The highest BCUT2D eigenvalue weighted by Crippen LogP contribution is 2.38. The van der Waals surface area contributed by atoms with Gasteiger partial charge in [0, 0.05) is 30.1 Å². The lowest BCUT2D eigenvalue weighted by atomic mass is 10.3. The molecule has 0 saturated heterocycles. The van der Waals surface area contributed by atoms with Crippen molar-refractivity contribution in [2.45, 2.75) is 25.3 Å². The van der Waals surface area contributed by atoms with Gasteiger partial charge in [0.15, 0.2) is 6.61 Å². The largest absolute Gasteiger partial charge is 0.482 e. The van der Waals surface area contributed by atoms with Crippen LogP contribution >= 0.6 is 23.2 Å². The monoisotopic (exact) mass is 381 g/mol. The van der Waals surface area contributed by atoms with Gasteiger partial charge in [-0.15, -0.1) is 0 Å². The van der Waals surface area contributed by atoms with Crippen LogP contribution in [-0.2, 0) is 11.3 Å². The molecular formula is C17H17Cl2N3O3. The molecule has 1 heterocycles. The Balaban J connectivity index is 1.44. The zero-order valence-corrected chi connectivity index (χ0v) is 14.9. The molecule has 6 nitrogen and oxygen atoms in total. The molecule has 1 saturated carbocycles. The Morgan fingerprint density at radius 1 is 1.32 bits per heavy atom. The van der Waals surface area contributed by atoms with E-state index in [9.17, 15) is 9.59 Å². The summed E-state index contributed by atoms with van der Waals surface area (Å²) in [4.78, 5) is 28.1. The van der Waals surface area contributed by atoms with Gasteiger partial charge in [-0.05, 0) is 31.0 Å². The van der Waals surface area contributed by atoms with Crippen molar-refractivity contribution in [2.24, 2.45) is 0 Å². The number of ether oxygens (including phenoxy) is 1. The number of rotatable bonds is 7. The summed E-state index contributed by atoms with van der Waals surface area (Å²) in [7, 11) is 0. The number of aromatic nitrogens is 2. The molecule has 1 amide bonds. The van der Waals surface area contributed by atoms with Crippen LogP contribution in [0.25, 0.3) is 0 Å². The molecule has 1 N–H and O–H groups in total. The molecule has 0 radical (unpaired) electrons. The van der Waals surface area contributed by atoms with Crippen molar-refractivity contribution >= 4 is 29.1 Å². The topological polar surface area (TPSA) is 73.2 Å². The molecule has 3 rings (SSSR count). The standard InChI is InChI=1S/C17H17Cl2N3O3/c18-12-3-4-15(13(19)7-12)25-9-16(23)20-5-6-22-10-21-14(8-17(22)24)11-1-2-11/h3-4,7-8,10-11H,1-2,5-6,9H2,(H,20,23). The van der Waals surface area contributed by atoms with E-state index in [1.807, 2.05) is 0 Å². The van der Waals surface area contributed by atoms with E-state index in [0.717, 1.165) is 18.5 Å². The minimum Gasteiger partial charge on any atom is -0.482 e. The van der Waals surface area contributed by atoms with Crippen LogP contribution in [0.15, 0.2) is 35.4 Å². The third kappa shape index (κ3) is 4.96. The van der Waals surface area contributed by atoms with Crippen LogP contribution in [0.1, 0.15) is 24.5 Å². The maximum atomic E-state index is 12.0. The number of halogens is 2. The van der Waals surface area contributed by atoms with Crippen molar-refractivity contribution in [2.75, 3.05) is 13.2 Å². The summed E-state index contributed by atoms with van der Waals surface area (Å²) >= 11 is 11.8. The molecule has 0 bridgehead atoms. The molecule has 1 aromatic heterocycles. The number of carbonyl (C=O) groups is 1. The van der Waals surface area contributed by atoms with Crippen molar-refractivity contribution in [3.05, 3.63) is 56.7 Å². The molecule has 8 heteroatoms. The first-order chi connectivity index (χ1) is 12.0. The zero-order valence-electron chi connectivity index (χ0n) is 13.4. The first-order valence-corrected chi connectivity index (χ1v) is 8.69. The van der Waals surface area contributed by atoms with Crippen molar-refractivity contribution < 1.29 is 9.53 Å². The first-order valence-electron chi connectivity index (χ1n) is 7.94. The Labute approximate surface area is 154 Å². The zero-order chi connectivity index (χ0) is 17.8. The van der Waals surface area contributed by atoms with E-state index in [-0.39, 0.29) is 18.1 Å². The van der Waals surface area contributed by atoms with Crippen molar-refractivity contribution in [3.8, 4) is 5.75 Å². The lowest BCUT2D eigenvalue weighted by Crippen LogP contribution is -2.33. The highest BCUT2D eigenvalue weighted by Gasteiger charge is 2.25. The van der Waals surface area contributed by atoms with Crippen LogP contribution in [0.2, 0.25) is 10.0 Å². The number of benzene rings is 1. The smallest absolute Gasteiger partial charge is 0.258 e. The predicted molar refractivity (Wildman–Crippen MR) is 95.4 cm³/mol. The summed E-state index contributed by atoms with van der Waals surface area (Å²) in [5.74, 6) is 0.526. The fourth-order valence-corrected chi connectivity index (χ4v) is 2.78. The predicted octanol–water partition coefficient (Wildman–Crippen LogP) is 2.62. The summed E-state index contributed by atoms with van der Waals surface area (Å²) in [6, 6.07) is 6.35. The summed E-state index contributed by atoms with van der Waals surface area (Å²) in [6.07, 6.45) is 3.74. The van der Waals surface area contributed by atoms with E-state index >= 15 is 0 Å². The summed E-state index contributed by atoms with van der Waals surface area (Å²) in [5.41, 5.74) is 0.758. The van der Waals surface area contributed by atoms with Crippen molar-refractivity contribution in [3.63, 3.8) is 0 Å². The van der Waals surface area contributed by atoms with Crippen LogP contribution in [-0.4, -0.2) is 28.6 Å². The Morgan fingerprint density at radius 2 is 2.12 bits per heavy atom. The maximum Gasteiger partial charge on any atom is 0.258 e. The van der Waals surface area contributed by atoms with Gasteiger partial charge in [0.2, 0.25) is 0 Å². The van der Waals surface area contributed by atoms with Crippen LogP contribution in [0.4, 0.5) is 0 Å². The summed E-state index contributed by atoms with van der Waals surface area (Å²) in [5, 5.41) is 3.52. The number of nitrogens with zero attached hydrogens (tertiary/aromatic N) is 2. The van der Waals surface area contributed by atoms with E-state index in [1.165, 1.54) is 10.9 Å². The van der Waals surface area contributed by atoms with E-state index in [0.29, 0.717) is 34.8 Å². The SMILES string of the molecule is O=C(COc1ccc(Cl)cc1Cl)NCCn1cnc(C2CC2)cc1=O. The Kier molecular flexibility index (Phi) is 5.60. The van der Waals surface area contributed by atoms with Gasteiger partial charge in [-0.2, -0.15) is 0 Å². The molecule has 1 fully saturated rings. The number of nitrogens with one attached hydrogen (secondary N) is 1. The molecule has 0 atom stereocenters. The van der Waals surface area contributed by atoms with Gasteiger partial charge in [-0.25, -0.2) is 4.98 Å². The molecule has 2 aromatic rings. The van der Waals surface area contributed by atoms with E-state index < -0.39 is 0 Å². The quantitative estimate of drug-likeness (QED) is 0.799.